The number of pyridine rings is 1. The average molecular weight is 313 g/mol. The smallest absolute Gasteiger partial charge is 0.255 e. The van der Waals surface area contributed by atoms with E-state index in [1.807, 2.05) is 4.90 Å². The summed E-state index contributed by atoms with van der Waals surface area (Å²) in [5.41, 5.74) is 0.387. The molecule has 5 heteroatoms. The van der Waals surface area contributed by atoms with Gasteiger partial charge in [-0.25, -0.2) is 0 Å². The lowest BCUT2D eigenvalue weighted by molar-refractivity contribution is 0.0580. The minimum atomic E-state index is -0.179. The molecule has 98 valence electrons. The fourth-order valence-corrected chi connectivity index (χ4v) is 2.34. The fraction of sp³-hybridized carbons (Fsp3) is 0.538. The van der Waals surface area contributed by atoms with Gasteiger partial charge >= 0.3 is 0 Å². The quantitative estimate of drug-likeness (QED) is 0.847. The van der Waals surface area contributed by atoms with Crippen molar-refractivity contribution in [1.82, 2.24) is 9.88 Å². The van der Waals surface area contributed by atoms with E-state index in [0.29, 0.717) is 11.6 Å². The summed E-state index contributed by atoms with van der Waals surface area (Å²) in [5.74, 6) is 0.0249. The number of carbonyl (C=O) groups is 1. The van der Waals surface area contributed by atoms with Gasteiger partial charge in [-0.1, -0.05) is 15.9 Å². The first-order valence-corrected chi connectivity index (χ1v) is 7.40. The van der Waals surface area contributed by atoms with Gasteiger partial charge in [-0.3, -0.25) is 9.59 Å². The molecule has 0 unspecified atom stereocenters. The van der Waals surface area contributed by atoms with Crippen molar-refractivity contribution in [1.29, 1.82) is 0 Å². The third-order valence-corrected chi connectivity index (χ3v) is 3.90. The summed E-state index contributed by atoms with van der Waals surface area (Å²) in [6.45, 7) is 0.772. The van der Waals surface area contributed by atoms with Crippen molar-refractivity contribution in [2.75, 3.05) is 11.9 Å². The molecule has 1 aromatic rings. The summed E-state index contributed by atoms with van der Waals surface area (Å²) < 4.78 is 0. The number of aromatic nitrogens is 1. The molecule has 1 fully saturated rings. The van der Waals surface area contributed by atoms with Crippen LogP contribution in [-0.2, 0) is 0 Å². The van der Waals surface area contributed by atoms with Crippen LogP contribution in [0.15, 0.2) is 23.1 Å². The van der Waals surface area contributed by atoms with Crippen LogP contribution in [0.25, 0.3) is 0 Å². The van der Waals surface area contributed by atoms with Crippen LogP contribution >= 0.6 is 15.9 Å². The van der Waals surface area contributed by atoms with E-state index >= 15 is 0 Å². The highest BCUT2D eigenvalue weighted by atomic mass is 79.9. The Hall–Kier alpha value is -1.10. The highest BCUT2D eigenvalue weighted by Crippen LogP contribution is 2.26. The van der Waals surface area contributed by atoms with Gasteiger partial charge in [-0.05, 0) is 31.7 Å². The summed E-state index contributed by atoms with van der Waals surface area (Å²) in [5, 5.41) is 0.898. The Bertz CT molecular complexity index is 448. The second-order valence-corrected chi connectivity index (χ2v) is 5.36. The maximum Gasteiger partial charge on any atom is 0.255 e. The van der Waals surface area contributed by atoms with Crippen molar-refractivity contribution < 1.29 is 4.79 Å². The Morgan fingerprint density at radius 3 is 2.72 bits per heavy atom. The molecule has 0 spiro atoms. The first-order valence-electron chi connectivity index (χ1n) is 6.28. The lowest BCUT2D eigenvalue weighted by atomic mass is 9.91. The summed E-state index contributed by atoms with van der Waals surface area (Å²) >= 11 is 3.40. The molecular formula is C13H17BrN2O2. The predicted molar refractivity (Wildman–Crippen MR) is 74.1 cm³/mol. The molecule has 1 saturated carbocycles. The van der Waals surface area contributed by atoms with Crippen molar-refractivity contribution in [3.05, 3.63) is 34.2 Å². The van der Waals surface area contributed by atoms with Gasteiger partial charge in [0.1, 0.15) is 0 Å². The molecule has 1 aliphatic carbocycles. The average Bonchev–Trinajstić information content (AvgIpc) is 2.32. The number of alkyl halides is 1. The van der Waals surface area contributed by atoms with Crippen LogP contribution in [-0.4, -0.2) is 33.7 Å². The molecule has 1 N–H and O–H groups in total. The van der Waals surface area contributed by atoms with Gasteiger partial charge in [0.25, 0.3) is 5.91 Å². The van der Waals surface area contributed by atoms with Crippen molar-refractivity contribution >= 4 is 21.8 Å². The molecule has 0 atom stereocenters. The predicted octanol–water partition coefficient (Wildman–Crippen LogP) is 2.15. The van der Waals surface area contributed by atoms with Gasteiger partial charge in [0, 0.05) is 30.2 Å². The van der Waals surface area contributed by atoms with Gasteiger partial charge in [0.15, 0.2) is 0 Å². The molecule has 0 saturated heterocycles. The van der Waals surface area contributed by atoms with Gasteiger partial charge in [0.2, 0.25) is 5.56 Å². The second kappa shape index (κ2) is 6.18. The molecule has 1 heterocycles. The van der Waals surface area contributed by atoms with E-state index in [-0.39, 0.29) is 11.5 Å². The van der Waals surface area contributed by atoms with Crippen molar-refractivity contribution in [2.45, 2.75) is 31.7 Å². The highest BCUT2D eigenvalue weighted by molar-refractivity contribution is 9.09. The number of nitrogens with one attached hydrogen (secondary N) is 1. The van der Waals surface area contributed by atoms with Crippen LogP contribution < -0.4 is 5.56 Å². The number of hydrogen-bond donors (Lipinski definition) is 1. The van der Waals surface area contributed by atoms with Crippen LogP contribution in [0.1, 0.15) is 36.0 Å². The van der Waals surface area contributed by atoms with Crippen LogP contribution in [0, 0.1) is 0 Å². The number of carbonyl (C=O) groups excluding carboxylic acids is 1. The van der Waals surface area contributed by atoms with Gasteiger partial charge in [-0.15, -0.1) is 0 Å². The number of nitrogens with zero attached hydrogens (tertiary/aromatic N) is 1. The zero-order valence-corrected chi connectivity index (χ0v) is 11.8. The van der Waals surface area contributed by atoms with Crippen LogP contribution in [0.4, 0.5) is 0 Å². The molecule has 0 aromatic carbocycles. The molecule has 0 bridgehead atoms. The maximum absolute atomic E-state index is 12.4. The summed E-state index contributed by atoms with van der Waals surface area (Å²) in [6, 6.07) is 3.38. The summed E-state index contributed by atoms with van der Waals surface area (Å²) in [4.78, 5) is 27.9. The fourth-order valence-electron chi connectivity index (χ4n) is 2.09. The Labute approximate surface area is 115 Å². The van der Waals surface area contributed by atoms with Crippen molar-refractivity contribution in [3.63, 3.8) is 0 Å². The molecule has 4 nitrogen and oxygen atoms in total. The number of hydrogen-bond acceptors (Lipinski definition) is 2. The summed E-state index contributed by atoms with van der Waals surface area (Å²) in [6.07, 6.45) is 5.85. The molecule has 1 amide bonds. The molecular weight excluding hydrogens is 296 g/mol. The molecule has 0 aliphatic heterocycles. The maximum atomic E-state index is 12.4. The van der Waals surface area contributed by atoms with Crippen molar-refractivity contribution in [3.8, 4) is 0 Å². The van der Waals surface area contributed by atoms with E-state index in [1.165, 1.54) is 18.7 Å². The normalized spacial score (nSPS) is 15.2. The van der Waals surface area contributed by atoms with E-state index in [2.05, 4.69) is 20.9 Å². The minimum absolute atomic E-state index is 0.0249. The number of rotatable bonds is 5. The molecule has 18 heavy (non-hydrogen) atoms. The lowest BCUT2D eigenvalue weighted by Crippen LogP contribution is -2.45. The largest absolute Gasteiger partial charge is 0.336 e. The standard InChI is InChI=1S/C13H17BrN2O2/c14-7-2-8-16(11-3-1-4-11)13(18)10-5-6-12(17)15-9-10/h5-6,9,11H,1-4,7-8H2,(H,15,17). The number of amides is 1. The van der Waals surface area contributed by atoms with Gasteiger partial charge in [0.05, 0.1) is 5.56 Å². The topological polar surface area (TPSA) is 53.2 Å². The molecule has 0 radical (unpaired) electrons. The SMILES string of the molecule is O=C(c1ccc(=O)[nH]c1)N(CCCBr)C1CCC1. The molecule has 1 aliphatic rings. The zero-order chi connectivity index (χ0) is 13.0. The first kappa shape index (κ1) is 13.3. The number of H-pyrrole nitrogens is 1. The van der Waals surface area contributed by atoms with E-state index in [1.54, 1.807) is 6.07 Å². The lowest BCUT2D eigenvalue weighted by Gasteiger charge is -2.37. The van der Waals surface area contributed by atoms with E-state index < -0.39 is 0 Å². The summed E-state index contributed by atoms with van der Waals surface area (Å²) in [7, 11) is 0. The Morgan fingerprint density at radius 2 is 2.22 bits per heavy atom. The van der Waals surface area contributed by atoms with E-state index in [4.69, 9.17) is 0 Å². The van der Waals surface area contributed by atoms with Crippen LogP contribution in [0.3, 0.4) is 0 Å². The zero-order valence-electron chi connectivity index (χ0n) is 10.2. The number of aromatic amines is 1. The second-order valence-electron chi connectivity index (χ2n) is 4.57. The number of halogens is 1. The molecule has 1 aromatic heterocycles. The third-order valence-electron chi connectivity index (χ3n) is 3.34. The monoisotopic (exact) mass is 312 g/mol. The van der Waals surface area contributed by atoms with Gasteiger partial charge < -0.3 is 9.88 Å². The Kier molecular flexibility index (Phi) is 4.58. The van der Waals surface area contributed by atoms with Crippen LogP contribution in [0.2, 0.25) is 0 Å². The van der Waals surface area contributed by atoms with Crippen molar-refractivity contribution in [2.24, 2.45) is 0 Å². The van der Waals surface area contributed by atoms with E-state index in [0.717, 1.165) is 31.1 Å². The van der Waals surface area contributed by atoms with Crippen LogP contribution in [0.5, 0.6) is 0 Å². The Balaban J connectivity index is 2.11. The molecule has 2 rings (SSSR count). The highest BCUT2D eigenvalue weighted by Gasteiger charge is 2.28. The van der Waals surface area contributed by atoms with E-state index in [9.17, 15) is 9.59 Å². The first-order chi connectivity index (χ1) is 8.72. The third kappa shape index (κ3) is 3.02. The van der Waals surface area contributed by atoms with Gasteiger partial charge in [-0.2, -0.15) is 0 Å². The Morgan fingerprint density at radius 1 is 1.44 bits per heavy atom. The minimum Gasteiger partial charge on any atom is -0.336 e.